The van der Waals surface area contributed by atoms with E-state index in [-0.39, 0.29) is 28.3 Å². The Kier molecular flexibility index (Phi) is 7.69. The van der Waals surface area contributed by atoms with Crippen LogP contribution in [0.25, 0.3) is 22.3 Å². The first kappa shape index (κ1) is 27.1. The number of thiazole rings is 1. The van der Waals surface area contributed by atoms with Gasteiger partial charge in [0.1, 0.15) is 28.8 Å². The topological polar surface area (TPSA) is 140 Å². The number of benzene rings is 2. The number of sulfone groups is 1. The van der Waals surface area contributed by atoms with Crippen LogP contribution in [0.3, 0.4) is 0 Å². The highest BCUT2D eigenvalue weighted by Gasteiger charge is 2.24. The van der Waals surface area contributed by atoms with E-state index in [0.717, 1.165) is 16.8 Å². The van der Waals surface area contributed by atoms with E-state index in [1.54, 1.807) is 0 Å². The van der Waals surface area contributed by atoms with Gasteiger partial charge in [-0.15, -0.1) is 11.3 Å². The first-order chi connectivity index (χ1) is 17.9. The van der Waals surface area contributed by atoms with E-state index >= 15 is 0 Å². The number of aromatic nitrogens is 1. The van der Waals surface area contributed by atoms with Gasteiger partial charge >= 0.3 is 0 Å². The van der Waals surface area contributed by atoms with Gasteiger partial charge in [0.05, 0.1) is 16.9 Å². The molecule has 200 valence electrons. The summed E-state index contributed by atoms with van der Waals surface area (Å²) in [7, 11) is -1.96. The second kappa shape index (κ2) is 10.8. The Hall–Kier alpha value is -3.97. The standard InChI is InChI=1S/C25H25FN4O6S2/c1-13-14(2)37-25(29-13)30-21(31)11-35-20-9-17-19(10-18(20)28-12-38(4,33)34)36-23(22(17)24(32)27-3)15-5-7-16(26)8-6-15/h5-10,28H,11-12H2,1-4H3,(H,27,32)(H,29,30,31). The van der Waals surface area contributed by atoms with Crippen LogP contribution in [0.15, 0.2) is 40.8 Å². The van der Waals surface area contributed by atoms with Crippen molar-refractivity contribution in [2.45, 2.75) is 13.8 Å². The fraction of sp³-hybridized carbons (Fsp3) is 0.240. The maximum Gasteiger partial charge on any atom is 0.264 e. The van der Waals surface area contributed by atoms with E-state index in [2.05, 4.69) is 20.9 Å². The molecule has 2 amide bonds. The number of aryl methyl sites for hydroxylation is 2. The SMILES string of the molecule is CNC(=O)c1c(-c2ccc(F)cc2)oc2cc(NCS(C)(=O)=O)c(OCC(=O)Nc3nc(C)c(C)s3)cc12. The lowest BCUT2D eigenvalue weighted by atomic mass is 10.0. The molecule has 4 rings (SSSR count). The van der Waals surface area contributed by atoms with E-state index in [1.807, 2.05) is 13.8 Å². The summed E-state index contributed by atoms with van der Waals surface area (Å²) in [6, 6.07) is 8.42. The first-order valence-electron chi connectivity index (χ1n) is 11.3. The zero-order valence-electron chi connectivity index (χ0n) is 21.0. The summed E-state index contributed by atoms with van der Waals surface area (Å²) in [4.78, 5) is 30.6. The first-order valence-corrected chi connectivity index (χ1v) is 14.2. The molecule has 10 nitrogen and oxygen atoms in total. The lowest BCUT2D eigenvalue weighted by Crippen LogP contribution is -2.21. The smallest absolute Gasteiger partial charge is 0.264 e. The Morgan fingerprint density at radius 1 is 1.16 bits per heavy atom. The monoisotopic (exact) mass is 560 g/mol. The van der Waals surface area contributed by atoms with Gasteiger partial charge in [-0.3, -0.25) is 14.9 Å². The third kappa shape index (κ3) is 6.11. The van der Waals surface area contributed by atoms with Gasteiger partial charge in [0.25, 0.3) is 11.8 Å². The molecule has 0 aliphatic heterocycles. The van der Waals surface area contributed by atoms with Crippen LogP contribution in [-0.4, -0.2) is 51.0 Å². The van der Waals surface area contributed by atoms with Crippen molar-refractivity contribution in [3.05, 3.63) is 58.3 Å². The largest absolute Gasteiger partial charge is 0.482 e. The third-order valence-electron chi connectivity index (χ3n) is 5.51. The van der Waals surface area contributed by atoms with Gasteiger partial charge in [-0.25, -0.2) is 17.8 Å². The highest BCUT2D eigenvalue weighted by molar-refractivity contribution is 7.90. The zero-order chi connectivity index (χ0) is 27.6. The highest BCUT2D eigenvalue weighted by Crippen LogP contribution is 2.39. The molecule has 0 aliphatic rings. The molecule has 0 aliphatic carbocycles. The van der Waals surface area contributed by atoms with Gasteiger partial charge in [-0.05, 0) is 44.2 Å². The summed E-state index contributed by atoms with van der Waals surface area (Å²) in [6.45, 7) is 3.32. The molecular weight excluding hydrogens is 535 g/mol. The second-order valence-electron chi connectivity index (χ2n) is 8.48. The van der Waals surface area contributed by atoms with Gasteiger partial charge in [-0.1, -0.05) is 0 Å². The van der Waals surface area contributed by atoms with E-state index in [9.17, 15) is 22.4 Å². The van der Waals surface area contributed by atoms with Crippen LogP contribution < -0.4 is 20.7 Å². The van der Waals surface area contributed by atoms with Gasteiger partial charge < -0.3 is 19.8 Å². The fourth-order valence-corrected chi connectivity index (χ4v) is 4.82. The van der Waals surface area contributed by atoms with E-state index in [0.29, 0.717) is 16.1 Å². The molecule has 2 aromatic heterocycles. The van der Waals surface area contributed by atoms with Crippen molar-refractivity contribution in [3.63, 3.8) is 0 Å². The van der Waals surface area contributed by atoms with E-state index < -0.39 is 40.0 Å². The molecule has 2 aromatic carbocycles. The Balaban J connectivity index is 1.73. The van der Waals surface area contributed by atoms with Crippen LogP contribution in [0.4, 0.5) is 15.2 Å². The van der Waals surface area contributed by atoms with Gasteiger partial charge in [0.2, 0.25) is 0 Å². The molecule has 0 unspecified atom stereocenters. The maximum absolute atomic E-state index is 13.5. The summed E-state index contributed by atoms with van der Waals surface area (Å²) < 4.78 is 48.8. The highest BCUT2D eigenvalue weighted by atomic mass is 32.2. The number of anilines is 2. The molecule has 0 atom stereocenters. The predicted molar refractivity (Wildman–Crippen MR) is 144 cm³/mol. The van der Waals surface area contributed by atoms with Crippen LogP contribution in [-0.2, 0) is 14.6 Å². The maximum atomic E-state index is 13.5. The number of rotatable bonds is 9. The number of halogens is 1. The number of hydrogen-bond donors (Lipinski definition) is 3. The number of carbonyl (C=O) groups excluding carboxylic acids is 2. The minimum atomic E-state index is -3.42. The average molecular weight is 561 g/mol. The van der Waals surface area contributed by atoms with Crippen LogP contribution in [0, 0.1) is 19.7 Å². The molecule has 0 bridgehead atoms. The fourth-order valence-electron chi connectivity index (χ4n) is 3.57. The molecular formula is C25H25FN4O6S2. The van der Waals surface area contributed by atoms with Crippen LogP contribution in [0.5, 0.6) is 5.75 Å². The van der Waals surface area contributed by atoms with Crippen LogP contribution >= 0.6 is 11.3 Å². The Morgan fingerprint density at radius 3 is 2.47 bits per heavy atom. The number of ether oxygens (including phenoxy) is 1. The van der Waals surface area contributed by atoms with E-state index in [4.69, 9.17) is 9.15 Å². The van der Waals surface area contributed by atoms with Crippen molar-refractivity contribution in [2.75, 3.05) is 36.4 Å². The van der Waals surface area contributed by atoms with Crippen molar-refractivity contribution in [3.8, 4) is 17.1 Å². The summed E-state index contributed by atoms with van der Waals surface area (Å²) in [5.41, 5.74) is 1.93. The molecule has 0 saturated heterocycles. The minimum absolute atomic E-state index is 0.124. The summed E-state index contributed by atoms with van der Waals surface area (Å²) in [5, 5.41) is 8.81. The lowest BCUT2D eigenvalue weighted by Gasteiger charge is -2.13. The summed E-state index contributed by atoms with van der Waals surface area (Å²) in [6.07, 6.45) is 1.06. The molecule has 13 heteroatoms. The normalized spacial score (nSPS) is 11.4. The number of nitrogens with zero attached hydrogens (tertiary/aromatic N) is 1. The number of hydrogen-bond acceptors (Lipinski definition) is 9. The lowest BCUT2D eigenvalue weighted by molar-refractivity contribution is -0.118. The average Bonchev–Trinajstić information content (AvgIpc) is 3.38. The third-order valence-corrected chi connectivity index (χ3v) is 7.17. The molecule has 4 aromatic rings. The van der Waals surface area contributed by atoms with Crippen molar-refractivity contribution in [1.82, 2.24) is 10.3 Å². The number of furan rings is 1. The molecule has 0 radical (unpaired) electrons. The summed E-state index contributed by atoms with van der Waals surface area (Å²) in [5.74, 6) is -1.48. The number of amides is 2. The molecule has 0 spiro atoms. The van der Waals surface area contributed by atoms with Crippen molar-refractivity contribution in [1.29, 1.82) is 0 Å². The molecule has 0 saturated carbocycles. The minimum Gasteiger partial charge on any atom is -0.482 e. The Bertz CT molecular complexity index is 1610. The summed E-state index contributed by atoms with van der Waals surface area (Å²) >= 11 is 1.33. The quantitative estimate of drug-likeness (QED) is 0.278. The van der Waals surface area contributed by atoms with Crippen LogP contribution in [0.2, 0.25) is 0 Å². The van der Waals surface area contributed by atoms with Gasteiger partial charge in [0.15, 0.2) is 21.6 Å². The van der Waals surface area contributed by atoms with E-state index in [1.165, 1.54) is 54.8 Å². The molecule has 0 fully saturated rings. The molecule has 38 heavy (non-hydrogen) atoms. The Morgan fingerprint density at radius 2 is 1.87 bits per heavy atom. The number of nitrogens with one attached hydrogen (secondary N) is 3. The van der Waals surface area contributed by atoms with Gasteiger partial charge in [-0.2, -0.15) is 0 Å². The predicted octanol–water partition coefficient (Wildman–Crippen LogP) is 4.10. The van der Waals surface area contributed by atoms with Crippen molar-refractivity contribution in [2.24, 2.45) is 0 Å². The zero-order valence-corrected chi connectivity index (χ0v) is 22.6. The second-order valence-corrected chi connectivity index (χ2v) is 11.8. The van der Waals surface area contributed by atoms with Crippen molar-refractivity contribution < 1.29 is 31.6 Å². The van der Waals surface area contributed by atoms with Crippen LogP contribution in [0.1, 0.15) is 20.9 Å². The van der Waals surface area contributed by atoms with Crippen molar-refractivity contribution >= 4 is 54.8 Å². The van der Waals surface area contributed by atoms with Gasteiger partial charge in [0, 0.05) is 35.2 Å². The number of fused-ring (bicyclic) bond motifs is 1. The molecule has 2 heterocycles. The molecule has 3 N–H and O–H groups in total. The number of carbonyl (C=O) groups is 2. The Labute approximate surface area is 222 Å².